The second-order valence-electron chi connectivity index (χ2n) is 12.9. The number of fused-ring (bicyclic) bond motifs is 5. The summed E-state index contributed by atoms with van der Waals surface area (Å²) in [5.41, 5.74) is 1.37. The molecule has 1 aromatic heterocycles. The SMILES string of the molecule is COc1nc(F)ccc1[C@@H](O)CC[C@@H](C)[C@H]1CC[C@H]2C3=C(F)C[C@H]4[C@@H](O)[C@@H](O)CC[C@]4(C)[C@H]3CC[C@]12C. The summed E-state index contributed by atoms with van der Waals surface area (Å²) < 4.78 is 34.5. The zero-order valence-corrected chi connectivity index (χ0v) is 22.6. The van der Waals surface area contributed by atoms with Gasteiger partial charge in [-0.05, 0) is 109 Å². The first-order valence-corrected chi connectivity index (χ1v) is 14.1. The second-order valence-corrected chi connectivity index (χ2v) is 12.9. The van der Waals surface area contributed by atoms with Crippen molar-refractivity contribution in [3.8, 4) is 5.88 Å². The summed E-state index contributed by atoms with van der Waals surface area (Å²) in [5, 5.41) is 31.9. The minimum atomic E-state index is -0.850. The molecular weight excluding hydrogens is 476 g/mol. The Morgan fingerprint density at radius 1 is 1.03 bits per heavy atom. The molecule has 0 amide bonds. The van der Waals surface area contributed by atoms with Crippen molar-refractivity contribution in [3.05, 3.63) is 35.0 Å². The van der Waals surface area contributed by atoms with Gasteiger partial charge in [0.25, 0.3) is 0 Å². The van der Waals surface area contributed by atoms with Crippen molar-refractivity contribution >= 4 is 0 Å². The van der Waals surface area contributed by atoms with Gasteiger partial charge in [0.05, 0.1) is 25.4 Å². The lowest BCUT2D eigenvalue weighted by Gasteiger charge is -2.59. The molecule has 0 saturated heterocycles. The molecule has 0 aliphatic heterocycles. The van der Waals surface area contributed by atoms with Gasteiger partial charge < -0.3 is 20.1 Å². The fraction of sp³-hybridized carbons (Fsp3) is 0.767. The molecule has 0 spiro atoms. The Hall–Kier alpha value is -1.57. The molecule has 4 aliphatic carbocycles. The van der Waals surface area contributed by atoms with Gasteiger partial charge in [0.2, 0.25) is 11.8 Å². The molecule has 7 heteroatoms. The number of pyridine rings is 1. The summed E-state index contributed by atoms with van der Waals surface area (Å²) in [7, 11) is 1.42. The van der Waals surface area contributed by atoms with Crippen molar-refractivity contribution in [3.63, 3.8) is 0 Å². The number of aliphatic hydroxyl groups excluding tert-OH is 3. The molecule has 10 atom stereocenters. The van der Waals surface area contributed by atoms with Crippen LogP contribution >= 0.6 is 0 Å². The number of allylic oxidation sites excluding steroid dienone is 2. The Morgan fingerprint density at radius 2 is 1.73 bits per heavy atom. The van der Waals surface area contributed by atoms with Crippen molar-refractivity contribution in [2.24, 2.45) is 40.4 Å². The number of rotatable bonds is 6. The molecule has 5 nitrogen and oxygen atoms in total. The van der Waals surface area contributed by atoms with E-state index in [1.165, 1.54) is 19.2 Å². The molecule has 1 heterocycles. The van der Waals surface area contributed by atoms with Crippen LogP contribution in [-0.4, -0.2) is 39.6 Å². The maximum absolute atomic E-state index is 15.8. The highest BCUT2D eigenvalue weighted by atomic mass is 19.1. The molecule has 3 N–H and O–H groups in total. The van der Waals surface area contributed by atoms with Gasteiger partial charge in [-0.3, -0.25) is 0 Å². The van der Waals surface area contributed by atoms with E-state index in [1.54, 1.807) is 0 Å². The highest BCUT2D eigenvalue weighted by Gasteiger charge is 2.61. The van der Waals surface area contributed by atoms with E-state index in [-0.39, 0.29) is 46.7 Å². The van der Waals surface area contributed by atoms with Crippen LogP contribution < -0.4 is 4.74 Å². The number of halogens is 2. The lowest BCUT2D eigenvalue weighted by Crippen LogP contribution is -2.55. The first-order valence-electron chi connectivity index (χ1n) is 14.1. The van der Waals surface area contributed by atoms with Crippen molar-refractivity contribution in [1.82, 2.24) is 4.98 Å². The third-order valence-electron chi connectivity index (χ3n) is 11.3. The van der Waals surface area contributed by atoms with Crippen LogP contribution in [0.1, 0.15) is 90.2 Å². The van der Waals surface area contributed by atoms with Gasteiger partial charge in [-0.1, -0.05) is 20.8 Å². The van der Waals surface area contributed by atoms with E-state index in [9.17, 15) is 19.7 Å². The zero-order chi connectivity index (χ0) is 26.7. The fourth-order valence-electron chi connectivity index (χ4n) is 9.18. The Labute approximate surface area is 219 Å². The predicted octanol–water partition coefficient (Wildman–Crippen LogP) is 5.89. The first kappa shape index (κ1) is 27.0. The Balaban J connectivity index is 1.32. The van der Waals surface area contributed by atoms with Gasteiger partial charge in [-0.2, -0.15) is 9.37 Å². The van der Waals surface area contributed by atoms with Crippen molar-refractivity contribution in [2.45, 2.75) is 96.9 Å². The maximum Gasteiger partial charge on any atom is 0.221 e. The minimum Gasteiger partial charge on any atom is -0.481 e. The van der Waals surface area contributed by atoms with Gasteiger partial charge in [0, 0.05) is 12.0 Å². The third kappa shape index (κ3) is 4.33. The highest BCUT2D eigenvalue weighted by molar-refractivity contribution is 5.31. The van der Waals surface area contributed by atoms with Gasteiger partial charge >= 0.3 is 0 Å². The lowest BCUT2D eigenvalue weighted by atomic mass is 9.47. The Bertz CT molecular complexity index is 1050. The van der Waals surface area contributed by atoms with E-state index in [2.05, 4.69) is 25.8 Å². The normalized spacial score (nSPS) is 41.0. The Morgan fingerprint density at radius 3 is 2.46 bits per heavy atom. The molecule has 3 saturated carbocycles. The van der Waals surface area contributed by atoms with Crippen molar-refractivity contribution < 1.29 is 28.8 Å². The van der Waals surface area contributed by atoms with Gasteiger partial charge in [-0.15, -0.1) is 0 Å². The van der Waals surface area contributed by atoms with Crippen LogP contribution in [0.25, 0.3) is 0 Å². The smallest absolute Gasteiger partial charge is 0.221 e. The molecule has 206 valence electrons. The molecular formula is C30H43F2NO4. The highest BCUT2D eigenvalue weighted by Crippen LogP contribution is 2.68. The minimum absolute atomic E-state index is 0.0126. The number of hydrogen-bond donors (Lipinski definition) is 3. The van der Waals surface area contributed by atoms with Crippen LogP contribution in [0.4, 0.5) is 8.78 Å². The molecule has 0 unspecified atom stereocenters. The van der Waals surface area contributed by atoms with Gasteiger partial charge in [-0.25, -0.2) is 4.39 Å². The van der Waals surface area contributed by atoms with Crippen LogP contribution in [0.3, 0.4) is 0 Å². The van der Waals surface area contributed by atoms with Gasteiger partial charge in [0.1, 0.15) is 5.83 Å². The summed E-state index contributed by atoms with van der Waals surface area (Å²) in [6.07, 6.45) is 4.60. The van der Waals surface area contributed by atoms with Crippen molar-refractivity contribution in [1.29, 1.82) is 0 Å². The quantitative estimate of drug-likeness (QED) is 0.409. The molecule has 0 radical (unpaired) electrons. The average molecular weight is 520 g/mol. The monoisotopic (exact) mass is 519 g/mol. The number of hydrogen-bond acceptors (Lipinski definition) is 5. The molecule has 5 rings (SSSR count). The second kappa shape index (κ2) is 9.87. The predicted molar refractivity (Wildman–Crippen MR) is 137 cm³/mol. The molecule has 1 aromatic rings. The summed E-state index contributed by atoms with van der Waals surface area (Å²) in [5.74, 6) is 0.378. The van der Waals surface area contributed by atoms with Crippen LogP contribution in [0.2, 0.25) is 0 Å². The number of ether oxygens (including phenoxy) is 1. The summed E-state index contributed by atoms with van der Waals surface area (Å²) in [4.78, 5) is 3.75. The largest absolute Gasteiger partial charge is 0.481 e. The van der Waals surface area contributed by atoms with E-state index in [4.69, 9.17) is 4.74 Å². The van der Waals surface area contributed by atoms with Crippen LogP contribution in [0.15, 0.2) is 23.5 Å². The standard InChI is InChI=1S/C30H43F2NO4/c1-16(5-9-23(34)17-6-10-25(32)33-28(17)37-4)18-7-8-19-26-20(11-13-29(18,19)2)30(3)14-12-24(35)27(36)21(30)15-22(26)31/h6,10,16,18-21,23-24,27,34-36H,5,7-9,11-15H2,1-4H3/t16-,18-,19+,20+,21+,23+,24+,27-,29-,30-/m1/s1. The number of aromatic nitrogens is 1. The number of methoxy groups -OCH3 is 1. The summed E-state index contributed by atoms with van der Waals surface area (Å²) >= 11 is 0. The number of aliphatic hydroxyl groups is 3. The fourth-order valence-corrected chi connectivity index (χ4v) is 9.18. The zero-order valence-electron chi connectivity index (χ0n) is 22.6. The van der Waals surface area contributed by atoms with E-state index in [0.717, 1.165) is 44.1 Å². The van der Waals surface area contributed by atoms with E-state index in [1.807, 2.05) is 0 Å². The molecule has 37 heavy (non-hydrogen) atoms. The maximum atomic E-state index is 15.8. The molecule has 0 aromatic carbocycles. The van der Waals surface area contributed by atoms with Crippen LogP contribution in [-0.2, 0) is 0 Å². The Kier molecular flexibility index (Phi) is 7.21. The average Bonchev–Trinajstić information content (AvgIpc) is 3.23. The van der Waals surface area contributed by atoms with E-state index in [0.29, 0.717) is 30.2 Å². The first-order chi connectivity index (χ1) is 17.5. The molecule has 3 fully saturated rings. The molecule has 4 aliphatic rings. The topological polar surface area (TPSA) is 82.8 Å². The third-order valence-corrected chi connectivity index (χ3v) is 11.3. The molecule has 0 bridgehead atoms. The van der Waals surface area contributed by atoms with E-state index >= 15 is 4.39 Å². The van der Waals surface area contributed by atoms with Crippen molar-refractivity contribution in [2.75, 3.05) is 7.11 Å². The lowest BCUT2D eigenvalue weighted by molar-refractivity contribution is -0.128. The van der Waals surface area contributed by atoms with Crippen LogP contribution in [0, 0.1) is 46.4 Å². The summed E-state index contributed by atoms with van der Waals surface area (Å²) in [6, 6.07) is 2.78. The van der Waals surface area contributed by atoms with Gasteiger partial charge in [0.15, 0.2) is 0 Å². The summed E-state index contributed by atoms with van der Waals surface area (Å²) in [6.45, 7) is 6.82. The number of nitrogens with zero attached hydrogens (tertiary/aromatic N) is 1. The van der Waals surface area contributed by atoms with E-state index < -0.39 is 24.3 Å². The van der Waals surface area contributed by atoms with Crippen LogP contribution in [0.5, 0.6) is 5.88 Å².